The van der Waals surface area contributed by atoms with E-state index in [1.165, 1.54) is 0 Å². The molecule has 0 fully saturated rings. The lowest BCUT2D eigenvalue weighted by Gasteiger charge is -2.28. The highest BCUT2D eigenvalue weighted by Gasteiger charge is 2.35. The third kappa shape index (κ3) is 4.90. The second kappa shape index (κ2) is 5.23. The van der Waals surface area contributed by atoms with Gasteiger partial charge < -0.3 is 14.7 Å². The zero-order valence-corrected chi connectivity index (χ0v) is 9.73. The van der Waals surface area contributed by atoms with Crippen LogP contribution < -0.4 is 0 Å². The van der Waals surface area contributed by atoms with Gasteiger partial charge in [-0.15, -0.1) is 0 Å². The van der Waals surface area contributed by atoms with Gasteiger partial charge in [-0.2, -0.15) is 0 Å². The number of rotatable bonds is 6. The number of hydrogen-bond acceptors (Lipinski definition) is 3. The molecule has 2 atom stereocenters. The van der Waals surface area contributed by atoms with Crippen LogP contribution in [0.1, 0.15) is 13.3 Å². The zero-order chi connectivity index (χ0) is 12.2. The molecule has 15 heavy (non-hydrogen) atoms. The van der Waals surface area contributed by atoms with Crippen LogP contribution in [0.4, 0.5) is 0 Å². The monoisotopic (exact) mass is 218 g/mol. The average molecular weight is 218 g/mol. The fraction of sp³-hybridized carbons (Fsp3) is 0.800. The Morgan fingerprint density at radius 2 is 1.73 bits per heavy atom. The van der Waals surface area contributed by atoms with Crippen molar-refractivity contribution in [3.8, 4) is 0 Å². The summed E-state index contributed by atoms with van der Waals surface area (Å²) in [7, 11) is 5.50. The van der Waals surface area contributed by atoms with Crippen LogP contribution in [0, 0.1) is 5.92 Å². The summed E-state index contributed by atoms with van der Waals surface area (Å²) >= 11 is 0. The maximum Gasteiger partial charge on any atom is 0.316 e. The van der Waals surface area contributed by atoms with Crippen LogP contribution in [0.2, 0.25) is 0 Å². The highest BCUT2D eigenvalue weighted by atomic mass is 16.4. The van der Waals surface area contributed by atoms with E-state index in [-0.39, 0.29) is 13.0 Å². The van der Waals surface area contributed by atoms with E-state index in [4.69, 9.17) is 5.11 Å². The second-order valence-electron chi connectivity index (χ2n) is 4.68. The summed E-state index contributed by atoms with van der Waals surface area (Å²) < 4.78 is 0.419. The molecule has 0 aliphatic heterocycles. The van der Waals surface area contributed by atoms with Crippen molar-refractivity contribution in [2.75, 3.05) is 27.7 Å². The molecular weight excluding hydrogens is 198 g/mol. The Morgan fingerprint density at radius 1 is 1.27 bits per heavy atom. The average Bonchev–Trinajstić information content (AvgIpc) is 1.99. The van der Waals surface area contributed by atoms with Crippen LogP contribution in [0.3, 0.4) is 0 Å². The van der Waals surface area contributed by atoms with Gasteiger partial charge in [0, 0.05) is 6.42 Å². The SMILES string of the molecule is CCC(=O)[C@@H](C(=O)O)[C@@H](O)C[N+](C)(C)C. The summed E-state index contributed by atoms with van der Waals surface area (Å²) in [4.78, 5) is 22.2. The van der Waals surface area contributed by atoms with E-state index in [1.807, 2.05) is 21.1 Å². The molecule has 5 heteroatoms. The number of hydrogen-bond donors (Lipinski definition) is 2. The van der Waals surface area contributed by atoms with Crippen molar-refractivity contribution in [2.45, 2.75) is 19.4 Å². The van der Waals surface area contributed by atoms with Crippen molar-refractivity contribution in [3.05, 3.63) is 0 Å². The molecule has 0 spiro atoms. The van der Waals surface area contributed by atoms with Crippen molar-refractivity contribution in [2.24, 2.45) is 5.92 Å². The molecule has 0 aliphatic carbocycles. The van der Waals surface area contributed by atoms with Gasteiger partial charge >= 0.3 is 5.97 Å². The van der Waals surface area contributed by atoms with Gasteiger partial charge in [0.1, 0.15) is 24.3 Å². The zero-order valence-electron chi connectivity index (χ0n) is 9.73. The van der Waals surface area contributed by atoms with Crippen LogP contribution >= 0.6 is 0 Å². The van der Waals surface area contributed by atoms with Gasteiger partial charge in [0.05, 0.1) is 21.1 Å². The highest BCUT2D eigenvalue weighted by molar-refractivity contribution is 5.98. The smallest absolute Gasteiger partial charge is 0.316 e. The molecule has 0 radical (unpaired) electrons. The van der Waals surface area contributed by atoms with Gasteiger partial charge in [-0.1, -0.05) is 6.92 Å². The number of quaternary nitrogens is 1. The van der Waals surface area contributed by atoms with E-state index >= 15 is 0 Å². The second-order valence-corrected chi connectivity index (χ2v) is 4.68. The van der Waals surface area contributed by atoms with E-state index < -0.39 is 23.8 Å². The molecule has 5 nitrogen and oxygen atoms in total. The number of carbonyl (C=O) groups excluding carboxylic acids is 1. The van der Waals surface area contributed by atoms with Crippen molar-refractivity contribution < 1.29 is 24.3 Å². The van der Waals surface area contributed by atoms with Gasteiger partial charge in [-0.3, -0.25) is 9.59 Å². The van der Waals surface area contributed by atoms with Crippen molar-refractivity contribution in [3.63, 3.8) is 0 Å². The summed E-state index contributed by atoms with van der Waals surface area (Å²) in [6.45, 7) is 1.83. The minimum atomic E-state index is -1.30. The number of carboxylic acid groups (broad SMARTS) is 1. The quantitative estimate of drug-likeness (QED) is 0.475. The molecule has 2 N–H and O–H groups in total. The van der Waals surface area contributed by atoms with Crippen LogP contribution in [0.5, 0.6) is 0 Å². The minimum Gasteiger partial charge on any atom is -0.481 e. The number of aliphatic carboxylic acids is 1. The van der Waals surface area contributed by atoms with Crippen LogP contribution in [0.25, 0.3) is 0 Å². The number of aliphatic hydroxyl groups excluding tert-OH is 1. The van der Waals surface area contributed by atoms with E-state index in [0.717, 1.165) is 0 Å². The molecule has 0 aliphatic rings. The maximum atomic E-state index is 11.3. The maximum absolute atomic E-state index is 11.3. The molecule has 0 saturated carbocycles. The Kier molecular flexibility index (Phi) is 4.90. The number of nitrogens with zero attached hydrogens (tertiary/aromatic N) is 1. The summed E-state index contributed by atoms with van der Waals surface area (Å²) in [6.07, 6.45) is -1.000. The van der Waals surface area contributed by atoms with Crippen LogP contribution in [0.15, 0.2) is 0 Å². The van der Waals surface area contributed by atoms with Crippen molar-refractivity contribution >= 4 is 11.8 Å². The Balaban J connectivity index is 4.64. The number of carboxylic acids is 1. The van der Waals surface area contributed by atoms with Gasteiger partial charge in [0.2, 0.25) is 0 Å². The first-order valence-corrected chi connectivity index (χ1v) is 4.93. The molecule has 0 amide bonds. The third-order valence-electron chi connectivity index (χ3n) is 2.08. The topological polar surface area (TPSA) is 74.6 Å². The fourth-order valence-corrected chi connectivity index (χ4v) is 1.40. The van der Waals surface area contributed by atoms with Gasteiger partial charge in [-0.25, -0.2) is 0 Å². The predicted octanol–water partition coefficient (Wildman–Crippen LogP) is -0.267. The molecule has 0 unspecified atom stereocenters. The highest BCUT2D eigenvalue weighted by Crippen LogP contribution is 2.11. The number of ketones is 1. The van der Waals surface area contributed by atoms with E-state index in [1.54, 1.807) is 6.92 Å². The standard InChI is InChI=1S/C10H19NO4/c1-5-7(12)9(10(14)15)8(13)6-11(2,3)4/h8-9,13H,5-6H2,1-4H3/p+1/t8-,9+/m0/s1. The molecule has 0 aromatic heterocycles. The predicted molar refractivity (Wildman–Crippen MR) is 55.3 cm³/mol. The number of Topliss-reactive ketones (excluding diaryl/α,β-unsaturated/α-hetero) is 1. The molecular formula is C10H20NO4+. The third-order valence-corrected chi connectivity index (χ3v) is 2.08. The Morgan fingerprint density at radius 3 is 2.00 bits per heavy atom. The van der Waals surface area contributed by atoms with E-state index in [0.29, 0.717) is 4.48 Å². The van der Waals surface area contributed by atoms with E-state index in [2.05, 4.69) is 0 Å². The first-order chi connectivity index (χ1) is 6.69. The normalized spacial score (nSPS) is 15.8. The Bertz CT molecular complexity index is 244. The summed E-state index contributed by atoms with van der Waals surface area (Å²) in [5, 5.41) is 18.6. The Labute approximate surface area is 89.9 Å². The molecule has 0 aromatic rings. The van der Waals surface area contributed by atoms with Crippen LogP contribution in [-0.2, 0) is 9.59 Å². The van der Waals surface area contributed by atoms with Crippen LogP contribution in [-0.4, -0.2) is 60.2 Å². The lowest BCUT2D eigenvalue weighted by molar-refractivity contribution is -0.873. The molecule has 0 saturated heterocycles. The van der Waals surface area contributed by atoms with Gasteiger partial charge in [-0.05, 0) is 0 Å². The number of aliphatic hydroxyl groups is 1. The van der Waals surface area contributed by atoms with Gasteiger partial charge in [0.15, 0.2) is 0 Å². The summed E-state index contributed by atoms with van der Waals surface area (Å²) in [5.41, 5.74) is 0. The lowest BCUT2D eigenvalue weighted by Crippen LogP contribution is -2.47. The minimum absolute atomic E-state index is 0.130. The molecule has 88 valence electrons. The largest absolute Gasteiger partial charge is 0.481 e. The molecule has 0 aromatic carbocycles. The molecule has 0 bridgehead atoms. The van der Waals surface area contributed by atoms with Crippen molar-refractivity contribution in [1.29, 1.82) is 0 Å². The van der Waals surface area contributed by atoms with Gasteiger partial charge in [0.25, 0.3) is 0 Å². The number of likely N-dealkylation sites (N-methyl/N-ethyl adjacent to an activating group) is 1. The first-order valence-electron chi connectivity index (χ1n) is 4.93. The lowest BCUT2D eigenvalue weighted by atomic mass is 9.95. The summed E-state index contributed by atoms with van der Waals surface area (Å²) in [6, 6.07) is 0. The first kappa shape index (κ1) is 14.1. The fourth-order valence-electron chi connectivity index (χ4n) is 1.40. The summed E-state index contributed by atoms with van der Waals surface area (Å²) in [5.74, 6) is -2.97. The molecule has 0 heterocycles. The van der Waals surface area contributed by atoms with E-state index in [9.17, 15) is 14.7 Å². The Hall–Kier alpha value is -0.940. The van der Waals surface area contributed by atoms with Crippen molar-refractivity contribution in [1.82, 2.24) is 0 Å². The molecule has 0 rings (SSSR count). The number of carbonyl (C=O) groups is 2.